The van der Waals surface area contributed by atoms with Gasteiger partial charge in [0.2, 0.25) is 5.95 Å². The molecule has 2 unspecified atom stereocenters. The number of hydrogen-bond donors (Lipinski definition) is 1. The number of nitrogens with one attached hydrogen (secondary N) is 1. The molecule has 106 valence electrons. The van der Waals surface area contributed by atoms with Gasteiger partial charge in [-0.2, -0.15) is 4.98 Å². The molecule has 4 nitrogen and oxygen atoms in total. The van der Waals surface area contributed by atoms with E-state index < -0.39 is 0 Å². The molecule has 2 atom stereocenters. The number of nitrogens with zero attached hydrogens (tertiary/aromatic N) is 3. The van der Waals surface area contributed by atoms with Gasteiger partial charge in [0.25, 0.3) is 0 Å². The maximum absolute atomic E-state index is 6.30. The predicted molar refractivity (Wildman–Crippen MR) is 81.1 cm³/mol. The Morgan fingerprint density at radius 3 is 2.89 bits per heavy atom. The first-order valence-corrected chi connectivity index (χ1v) is 7.59. The lowest BCUT2D eigenvalue weighted by Crippen LogP contribution is -2.35. The van der Waals surface area contributed by atoms with Crippen LogP contribution in [0.2, 0.25) is 5.02 Å². The zero-order valence-electron chi connectivity index (χ0n) is 12.0. The first kappa shape index (κ1) is 14.4. The fraction of sp³-hybridized carbons (Fsp3) is 0.714. The summed E-state index contributed by atoms with van der Waals surface area (Å²) in [6, 6.07) is 1.04. The highest BCUT2D eigenvalue weighted by molar-refractivity contribution is 6.32. The van der Waals surface area contributed by atoms with Gasteiger partial charge < -0.3 is 10.2 Å². The van der Waals surface area contributed by atoms with Crippen LogP contribution in [0.5, 0.6) is 0 Å². The largest absolute Gasteiger partial charge is 0.354 e. The van der Waals surface area contributed by atoms with Gasteiger partial charge in [-0.3, -0.25) is 0 Å². The Hall–Kier alpha value is -1.03. The number of rotatable bonds is 5. The lowest BCUT2D eigenvalue weighted by atomic mass is 10.1. The minimum Gasteiger partial charge on any atom is -0.354 e. The maximum Gasteiger partial charge on any atom is 0.224 e. The van der Waals surface area contributed by atoms with Crippen molar-refractivity contribution >= 4 is 23.4 Å². The third-order valence-electron chi connectivity index (χ3n) is 3.76. The molecule has 0 aromatic carbocycles. The molecule has 0 saturated carbocycles. The molecule has 0 spiro atoms. The molecule has 1 aromatic rings. The minimum atomic E-state index is 0.497. The van der Waals surface area contributed by atoms with E-state index in [2.05, 4.69) is 41.0 Å². The van der Waals surface area contributed by atoms with Crippen LogP contribution in [0.3, 0.4) is 0 Å². The summed E-state index contributed by atoms with van der Waals surface area (Å²) >= 11 is 6.30. The second-order valence-electron chi connectivity index (χ2n) is 5.19. The standard InChI is InChI=1S/C14H23ClN4/c1-4-8-16-14-17-9-12(15)13(18-14)19-10(3)6-7-11(19)5-2/h9-11H,4-8H2,1-3H3,(H,16,17,18). The second-order valence-corrected chi connectivity index (χ2v) is 5.59. The van der Waals surface area contributed by atoms with Gasteiger partial charge in [0.15, 0.2) is 5.82 Å². The second kappa shape index (κ2) is 6.42. The van der Waals surface area contributed by atoms with Crippen molar-refractivity contribution in [3.63, 3.8) is 0 Å². The molecule has 1 aromatic heterocycles. The van der Waals surface area contributed by atoms with Gasteiger partial charge in [-0.1, -0.05) is 25.4 Å². The molecule has 2 heterocycles. The van der Waals surface area contributed by atoms with Gasteiger partial charge in [-0.25, -0.2) is 4.98 Å². The minimum absolute atomic E-state index is 0.497. The highest BCUT2D eigenvalue weighted by Gasteiger charge is 2.31. The molecular formula is C14H23ClN4. The van der Waals surface area contributed by atoms with Crippen LogP contribution < -0.4 is 10.2 Å². The highest BCUT2D eigenvalue weighted by Crippen LogP contribution is 2.35. The molecule has 1 saturated heterocycles. The van der Waals surface area contributed by atoms with Crippen molar-refractivity contribution in [2.24, 2.45) is 0 Å². The topological polar surface area (TPSA) is 41.1 Å². The van der Waals surface area contributed by atoms with Crippen molar-refractivity contribution in [2.75, 3.05) is 16.8 Å². The molecule has 1 fully saturated rings. The summed E-state index contributed by atoms with van der Waals surface area (Å²) in [7, 11) is 0. The Bertz CT molecular complexity index is 424. The molecule has 2 rings (SSSR count). The van der Waals surface area contributed by atoms with Gasteiger partial charge >= 0.3 is 0 Å². The summed E-state index contributed by atoms with van der Waals surface area (Å²) < 4.78 is 0. The SMILES string of the molecule is CCCNc1ncc(Cl)c(N2C(C)CCC2CC)n1. The Kier molecular flexibility index (Phi) is 4.86. The van der Waals surface area contributed by atoms with Crippen LogP contribution in [-0.4, -0.2) is 28.6 Å². The molecule has 19 heavy (non-hydrogen) atoms. The zero-order valence-corrected chi connectivity index (χ0v) is 12.7. The number of aromatic nitrogens is 2. The van der Waals surface area contributed by atoms with Crippen molar-refractivity contribution in [3.8, 4) is 0 Å². The van der Waals surface area contributed by atoms with Gasteiger partial charge in [-0.05, 0) is 32.6 Å². The predicted octanol–water partition coefficient (Wildman–Crippen LogP) is 3.72. The van der Waals surface area contributed by atoms with E-state index in [9.17, 15) is 0 Å². The first-order chi connectivity index (χ1) is 9.17. The summed E-state index contributed by atoms with van der Waals surface area (Å²) in [5, 5.41) is 3.87. The Morgan fingerprint density at radius 2 is 2.21 bits per heavy atom. The first-order valence-electron chi connectivity index (χ1n) is 7.22. The number of anilines is 2. The van der Waals surface area contributed by atoms with Gasteiger partial charge in [-0.15, -0.1) is 0 Å². The number of halogens is 1. The van der Waals surface area contributed by atoms with Crippen LogP contribution in [0.25, 0.3) is 0 Å². The van der Waals surface area contributed by atoms with Gasteiger partial charge in [0, 0.05) is 18.6 Å². The lowest BCUT2D eigenvalue weighted by molar-refractivity contribution is 0.621. The summed E-state index contributed by atoms with van der Waals surface area (Å²) in [5.41, 5.74) is 0. The molecule has 1 aliphatic rings. The molecule has 0 bridgehead atoms. The number of hydrogen-bond acceptors (Lipinski definition) is 4. The van der Waals surface area contributed by atoms with Crippen LogP contribution >= 0.6 is 11.6 Å². The normalized spacial score (nSPS) is 22.8. The van der Waals surface area contributed by atoms with Crippen molar-refractivity contribution in [3.05, 3.63) is 11.2 Å². The third kappa shape index (κ3) is 3.11. The third-order valence-corrected chi connectivity index (χ3v) is 4.03. The molecule has 1 aliphatic heterocycles. The lowest BCUT2D eigenvalue weighted by Gasteiger charge is -2.30. The van der Waals surface area contributed by atoms with E-state index in [0.29, 0.717) is 23.1 Å². The van der Waals surface area contributed by atoms with E-state index in [0.717, 1.165) is 25.2 Å². The summed E-state index contributed by atoms with van der Waals surface area (Å²) in [5.74, 6) is 1.56. The van der Waals surface area contributed by atoms with E-state index >= 15 is 0 Å². The zero-order chi connectivity index (χ0) is 13.8. The quantitative estimate of drug-likeness (QED) is 0.894. The van der Waals surface area contributed by atoms with E-state index in [-0.39, 0.29) is 0 Å². The average molecular weight is 283 g/mol. The summed E-state index contributed by atoms with van der Waals surface area (Å²) in [6.45, 7) is 7.47. The monoisotopic (exact) mass is 282 g/mol. The fourth-order valence-corrected chi connectivity index (χ4v) is 2.90. The van der Waals surface area contributed by atoms with Gasteiger partial charge in [0.05, 0.1) is 6.20 Å². The molecule has 0 radical (unpaired) electrons. The van der Waals surface area contributed by atoms with E-state index in [4.69, 9.17) is 11.6 Å². The van der Waals surface area contributed by atoms with Crippen molar-refractivity contribution in [1.29, 1.82) is 0 Å². The van der Waals surface area contributed by atoms with E-state index in [1.165, 1.54) is 12.8 Å². The van der Waals surface area contributed by atoms with Crippen LogP contribution in [0.15, 0.2) is 6.20 Å². The average Bonchev–Trinajstić information content (AvgIpc) is 2.79. The van der Waals surface area contributed by atoms with Crippen molar-refractivity contribution in [2.45, 2.75) is 58.5 Å². The molecule has 0 aliphatic carbocycles. The van der Waals surface area contributed by atoms with E-state index in [1.807, 2.05) is 0 Å². The molecule has 5 heteroatoms. The Morgan fingerprint density at radius 1 is 1.42 bits per heavy atom. The molecular weight excluding hydrogens is 260 g/mol. The van der Waals surface area contributed by atoms with Crippen molar-refractivity contribution in [1.82, 2.24) is 9.97 Å². The fourth-order valence-electron chi connectivity index (χ4n) is 2.72. The smallest absolute Gasteiger partial charge is 0.224 e. The highest BCUT2D eigenvalue weighted by atomic mass is 35.5. The molecule has 1 N–H and O–H groups in total. The van der Waals surface area contributed by atoms with Crippen LogP contribution in [0, 0.1) is 0 Å². The Balaban J connectivity index is 2.26. The Labute approximate surface area is 120 Å². The van der Waals surface area contributed by atoms with Crippen molar-refractivity contribution < 1.29 is 0 Å². The van der Waals surface area contributed by atoms with Gasteiger partial charge in [0.1, 0.15) is 5.02 Å². The van der Waals surface area contributed by atoms with E-state index in [1.54, 1.807) is 6.20 Å². The van der Waals surface area contributed by atoms with Crippen LogP contribution in [-0.2, 0) is 0 Å². The summed E-state index contributed by atoms with van der Waals surface area (Å²) in [4.78, 5) is 11.2. The summed E-state index contributed by atoms with van der Waals surface area (Å²) in [6.07, 6.45) is 6.31. The van der Waals surface area contributed by atoms with Crippen LogP contribution in [0.1, 0.15) is 46.5 Å². The molecule has 0 amide bonds. The maximum atomic E-state index is 6.30. The van der Waals surface area contributed by atoms with Crippen LogP contribution in [0.4, 0.5) is 11.8 Å².